The van der Waals surface area contributed by atoms with Crippen LogP contribution in [0.1, 0.15) is 29.9 Å². The number of halogens is 2. The lowest BCUT2D eigenvalue weighted by Gasteiger charge is -2.22. The molecule has 2 rings (SSSR count). The zero-order chi connectivity index (χ0) is 11.5. The fraction of sp³-hybridized carbons (Fsp3) is 0.462. The van der Waals surface area contributed by atoms with Crippen LogP contribution in [0.5, 0.6) is 0 Å². The monoisotopic (exact) mass is 225 g/mol. The molecule has 1 nitrogen and oxygen atoms in total. The quantitative estimate of drug-likeness (QED) is 0.750. The average Bonchev–Trinajstić information content (AvgIpc) is 2.30. The predicted octanol–water partition coefficient (Wildman–Crippen LogP) is 3.24. The fourth-order valence-corrected chi connectivity index (χ4v) is 2.13. The van der Waals surface area contributed by atoms with Crippen LogP contribution >= 0.6 is 0 Å². The molecule has 0 N–H and O–H groups in total. The van der Waals surface area contributed by atoms with Crippen LogP contribution in [0.3, 0.4) is 0 Å². The first kappa shape index (κ1) is 11.5. The Morgan fingerprint density at radius 2 is 1.75 bits per heavy atom. The number of benzene rings is 1. The van der Waals surface area contributed by atoms with Crippen molar-refractivity contribution < 1.29 is 13.5 Å². The molecule has 16 heavy (non-hydrogen) atoms. The largest absolute Gasteiger partial charge is 0.381 e. The van der Waals surface area contributed by atoms with E-state index in [0.717, 1.165) is 18.4 Å². The van der Waals surface area contributed by atoms with Crippen molar-refractivity contribution in [2.45, 2.75) is 25.2 Å². The molecule has 0 aliphatic carbocycles. The van der Waals surface area contributed by atoms with Gasteiger partial charge in [0.25, 0.3) is 0 Å². The van der Waals surface area contributed by atoms with Gasteiger partial charge in [-0.15, -0.1) is 0 Å². The van der Waals surface area contributed by atoms with Gasteiger partial charge in [0.1, 0.15) is 11.6 Å². The summed E-state index contributed by atoms with van der Waals surface area (Å²) in [6, 6.07) is 2.89. The Morgan fingerprint density at radius 3 is 2.25 bits per heavy atom. The SMILES string of the molecule is [CH2]Cc1c(F)cc(C2CCOCC2)cc1F. The summed E-state index contributed by atoms with van der Waals surface area (Å²) in [5, 5.41) is 0. The van der Waals surface area contributed by atoms with Gasteiger partial charge in [-0.25, -0.2) is 8.78 Å². The molecular formula is C13H15F2O. The summed E-state index contributed by atoms with van der Waals surface area (Å²) in [7, 11) is 0. The standard InChI is InChI=1S/C13H15F2O/c1-2-11-12(14)7-10(8-13(11)15)9-3-5-16-6-4-9/h7-9H,1-6H2. The highest BCUT2D eigenvalue weighted by Crippen LogP contribution is 2.29. The number of hydrogen-bond acceptors (Lipinski definition) is 1. The van der Waals surface area contributed by atoms with Crippen molar-refractivity contribution in [1.29, 1.82) is 0 Å². The molecule has 0 atom stereocenters. The third kappa shape index (κ3) is 2.24. The second-order valence-corrected chi connectivity index (χ2v) is 4.10. The summed E-state index contributed by atoms with van der Waals surface area (Å²) < 4.78 is 32.3. The normalized spacial score (nSPS) is 17.7. The summed E-state index contributed by atoms with van der Waals surface area (Å²) in [5.74, 6) is -0.732. The summed E-state index contributed by atoms with van der Waals surface area (Å²) in [5.41, 5.74) is 0.825. The lowest BCUT2D eigenvalue weighted by molar-refractivity contribution is 0.0852. The molecule has 1 aromatic rings. The van der Waals surface area contributed by atoms with Gasteiger partial charge in [-0.3, -0.25) is 0 Å². The number of hydrogen-bond donors (Lipinski definition) is 0. The van der Waals surface area contributed by atoms with Gasteiger partial charge in [0.2, 0.25) is 0 Å². The predicted molar refractivity (Wildman–Crippen MR) is 58.2 cm³/mol. The molecular weight excluding hydrogens is 210 g/mol. The van der Waals surface area contributed by atoms with E-state index in [1.54, 1.807) is 0 Å². The molecule has 1 heterocycles. The smallest absolute Gasteiger partial charge is 0.129 e. The molecule has 0 spiro atoms. The minimum atomic E-state index is -0.475. The van der Waals surface area contributed by atoms with Gasteiger partial charge >= 0.3 is 0 Å². The molecule has 0 unspecified atom stereocenters. The first-order chi connectivity index (χ1) is 7.72. The minimum Gasteiger partial charge on any atom is -0.381 e. The Balaban J connectivity index is 2.28. The second kappa shape index (κ2) is 4.91. The van der Waals surface area contributed by atoms with Crippen molar-refractivity contribution in [2.75, 3.05) is 13.2 Å². The molecule has 1 aliphatic rings. The maximum Gasteiger partial charge on any atom is 0.129 e. The maximum absolute atomic E-state index is 13.6. The van der Waals surface area contributed by atoms with Crippen molar-refractivity contribution in [3.63, 3.8) is 0 Å². The Morgan fingerprint density at radius 1 is 1.19 bits per heavy atom. The molecule has 1 saturated heterocycles. The van der Waals surface area contributed by atoms with E-state index in [9.17, 15) is 8.78 Å². The zero-order valence-electron chi connectivity index (χ0n) is 9.14. The van der Waals surface area contributed by atoms with Crippen LogP contribution in [0.25, 0.3) is 0 Å². The molecule has 1 radical (unpaired) electrons. The van der Waals surface area contributed by atoms with Crippen molar-refractivity contribution in [3.8, 4) is 0 Å². The summed E-state index contributed by atoms with van der Waals surface area (Å²) in [6.07, 6.45) is 1.82. The third-order valence-electron chi connectivity index (χ3n) is 3.11. The highest BCUT2D eigenvalue weighted by molar-refractivity contribution is 5.29. The van der Waals surface area contributed by atoms with Crippen LogP contribution in [-0.4, -0.2) is 13.2 Å². The molecule has 1 aromatic carbocycles. The van der Waals surface area contributed by atoms with E-state index in [2.05, 4.69) is 6.92 Å². The van der Waals surface area contributed by atoms with Crippen molar-refractivity contribution >= 4 is 0 Å². The van der Waals surface area contributed by atoms with Crippen LogP contribution in [0.2, 0.25) is 0 Å². The molecule has 0 amide bonds. The Bertz CT molecular complexity index is 347. The van der Waals surface area contributed by atoms with Gasteiger partial charge in [-0.1, -0.05) is 0 Å². The summed E-state index contributed by atoms with van der Waals surface area (Å²) in [4.78, 5) is 0. The van der Waals surface area contributed by atoms with Crippen molar-refractivity contribution in [2.24, 2.45) is 0 Å². The fourth-order valence-electron chi connectivity index (χ4n) is 2.13. The Labute approximate surface area is 94.4 Å². The van der Waals surface area contributed by atoms with E-state index in [1.165, 1.54) is 12.1 Å². The summed E-state index contributed by atoms with van der Waals surface area (Å²) in [6.45, 7) is 4.86. The molecule has 3 heteroatoms. The van der Waals surface area contributed by atoms with Crippen LogP contribution < -0.4 is 0 Å². The first-order valence-corrected chi connectivity index (χ1v) is 5.57. The lowest BCUT2D eigenvalue weighted by atomic mass is 9.90. The van der Waals surface area contributed by atoms with Crippen LogP contribution in [0.15, 0.2) is 12.1 Å². The van der Waals surface area contributed by atoms with Crippen molar-refractivity contribution in [3.05, 3.63) is 41.8 Å². The molecule has 0 bridgehead atoms. The van der Waals surface area contributed by atoms with E-state index in [-0.39, 0.29) is 17.9 Å². The van der Waals surface area contributed by atoms with Crippen LogP contribution in [0, 0.1) is 18.6 Å². The topological polar surface area (TPSA) is 9.23 Å². The average molecular weight is 225 g/mol. The van der Waals surface area contributed by atoms with Gasteiger partial charge in [-0.05, 0) is 49.8 Å². The van der Waals surface area contributed by atoms with E-state index < -0.39 is 11.6 Å². The van der Waals surface area contributed by atoms with E-state index in [0.29, 0.717) is 13.2 Å². The zero-order valence-corrected chi connectivity index (χ0v) is 9.14. The highest BCUT2D eigenvalue weighted by Gasteiger charge is 2.19. The molecule has 1 fully saturated rings. The molecule has 0 aromatic heterocycles. The van der Waals surface area contributed by atoms with Crippen molar-refractivity contribution in [1.82, 2.24) is 0 Å². The van der Waals surface area contributed by atoms with Gasteiger partial charge < -0.3 is 4.74 Å². The minimum absolute atomic E-state index is 0.0795. The van der Waals surface area contributed by atoms with Gasteiger partial charge in [0.05, 0.1) is 0 Å². The van der Waals surface area contributed by atoms with Crippen LogP contribution in [-0.2, 0) is 11.2 Å². The Kier molecular flexibility index (Phi) is 3.54. The van der Waals surface area contributed by atoms with E-state index >= 15 is 0 Å². The number of ether oxygens (including phenoxy) is 1. The van der Waals surface area contributed by atoms with E-state index in [1.807, 2.05) is 0 Å². The summed E-state index contributed by atoms with van der Waals surface area (Å²) >= 11 is 0. The van der Waals surface area contributed by atoms with Gasteiger partial charge in [-0.2, -0.15) is 0 Å². The first-order valence-electron chi connectivity index (χ1n) is 5.57. The molecule has 87 valence electrons. The number of rotatable bonds is 2. The second-order valence-electron chi connectivity index (χ2n) is 4.10. The highest BCUT2D eigenvalue weighted by atomic mass is 19.1. The Hall–Kier alpha value is -0.960. The van der Waals surface area contributed by atoms with Gasteiger partial charge in [0, 0.05) is 18.8 Å². The molecule has 1 aliphatic heterocycles. The molecule has 0 saturated carbocycles. The third-order valence-corrected chi connectivity index (χ3v) is 3.11. The van der Waals surface area contributed by atoms with Gasteiger partial charge in [0.15, 0.2) is 0 Å². The van der Waals surface area contributed by atoms with Crippen LogP contribution in [0.4, 0.5) is 8.78 Å². The lowest BCUT2D eigenvalue weighted by Crippen LogP contribution is -2.14. The maximum atomic E-state index is 13.6. The van der Waals surface area contributed by atoms with E-state index in [4.69, 9.17) is 4.74 Å².